The number of allylic oxidation sites excluding steroid dienone is 2. The Morgan fingerprint density at radius 3 is 2.46 bits per heavy atom. The predicted octanol–water partition coefficient (Wildman–Crippen LogP) is 4.17. The fraction of sp³-hybridized carbons (Fsp3) is 0.421. The van der Waals surface area contributed by atoms with Gasteiger partial charge in [0.25, 0.3) is 5.91 Å². The van der Waals surface area contributed by atoms with Gasteiger partial charge in [0.1, 0.15) is 6.54 Å². The van der Waals surface area contributed by atoms with Crippen molar-refractivity contribution in [3.8, 4) is 0 Å². The van der Waals surface area contributed by atoms with E-state index in [1.165, 1.54) is 4.90 Å². The lowest BCUT2D eigenvalue weighted by atomic mass is 10.0. The number of nitrogens with zero attached hydrogens (tertiary/aromatic N) is 3. The second-order valence-corrected chi connectivity index (χ2v) is 6.69. The molecule has 128 valence electrons. The molecule has 1 heterocycles. The van der Waals surface area contributed by atoms with Crippen molar-refractivity contribution < 1.29 is 9.59 Å². The molecule has 1 aliphatic heterocycles. The number of imide groups is 1. The van der Waals surface area contributed by atoms with Crippen LogP contribution in [-0.4, -0.2) is 29.7 Å². The van der Waals surface area contributed by atoms with Crippen LogP contribution in [-0.2, 0) is 4.79 Å². The first kappa shape index (κ1) is 17.9. The van der Waals surface area contributed by atoms with Crippen molar-refractivity contribution in [3.05, 3.63) is 41.5 Å². The number of para-hydroxylation sites is 1. The second kappa shape index (κ2) is 7.43. The third-order valence-corrected chi connectivity index (χ3v) is 3.76. The Hall–Kier alpha value is -2.43. The SMILES string of the molecule is CC(=C/C(C)C)/C=N/N1C(=O)CN(c2ccccc2C(C)C)C1=O. The molecule has 0 radical (unpaired) electrons. The molecule has 0 aliphatic carbocycles. The van der Waals surface area contributed by atoms with E-state index in [1.54, 1.807) is 6.21 Å². The van der Waals surface area contributed by atoms with Crippen LogP contribution in [0.5, 0.6) is 0 Å². The monoisotopic (exact) mass is 327 g/mol. The normalized spacial score (nSPS) is 16.4. The molecule has 0 spiro atoms. The van der Waals surface area contributed by atoms with Gasteiger partial charge in [0.05, 0.1) is 6.21 Å². The van der Waals surface area contributed by atoms with Crippen molar-refractivity contribution in [2.45, 2.75) is 40.5 Å². The number of anilines is 1. The van der Waals surface area contributed by atoms with Gasteiger partial charge in [0.15, 0.2) is 0 Å². The fourth-order valence-corrected chi connectivity index (χ4v) is 2.73. The van der Waals surface area contributed by atoms with E-state index in [0.29, 0.717) is 5.92 Å². The summed E-state index contributed by atoms with van der Waals surface area (Å²) < 4.78 is 0. The first-order valence-electron chi connectivity index (χ1n) is 8.27. The predicted molar refractivity (Wildman–Crippen MR) is 97.2 cm³/mol. The second-order valence-electron chi connectivity index (χ2n) is 6.69. The van der Waals surface area contributed by atoms with E-state index in [2.05, 4.69) is 32.8 Å². The molecule has 0 unspecified atom stereocenters. The summed E-state index contributed by atoms with van der Waals surface area (Å²) in [5.41, 5.74) is 2.74. The minimum Gasteiger partial charge on any atom is -0.283 e. The highest BCUT2D eigenvalue weighted by Crippen LogP contribution is 2.30. The van der Waals surface area contributed by atoms with Crippen molar-refractivity contribution in [1.82, 2.24) is 5.01 Å². The first-order valence-corrected chi connectivity index (χ1v) is 8.27. The molecule has 1 aromatic carbocycles. The minimum absolute atomic E-state index is 0.0207. The molecule has 0 aromatic heterocycles. The van der Waals surface area contributed by atoms with Gasteiger partial charge in [0.2, 0.25) is 0 Å². The summed E-state index contributed by atoms with van der Waals surface area (Å²) in [5.74, 6) is 0.334. The van der Waals surface area contributed by atoms with Crippen LogP contribution in [0.2, 0.25) is 0 Å². The third-order valence-electron chi connectivity index (χ3n) is 3.76. The molecule has 1 saturated heterocycles. The molecular formula is C19H25N3O2. The molecule has 1 fully saturated rings. The highest BCUT2D eigenvalue weighted by molar-refractivity contribution is 6.12. The summed E-state index contributed by atoms with van der Waals surface area (Å²) in [6.45, 7) is 10.2. The molecule has 0 saturated carbocycles. The molecule has 0 N–H and O–H groups in total. The van der Waals surface area contributed by atoms with Gasteiger partial charge in [0, 0.05) is 5.69 Å². The van der Waals surface area contributed by atoms with Gasteiger partial charge in [-0.3, -0.25) is 9.69 Å². The number of carbonyl (C=O) groups excluding carboxylic acids is 2. The standard InChI is InChI=1S/C19H25N3O2/c1-13(2)10-15(5)11-20-22-18(23)12-21(19(22)24)17-9-7-6-8-16(17)14(3)4/h6-11,13-14H,12H2,1-5H3/b15-10-,20-11+. The zero-order chi connectivity index (χ0) is 17.9. The molecule has 5 heteroatoms. The van der Waals surface area contributed by atoms with E-state index in [-0.39, 0.29) is 18.4 Å². The summed E-state index contributed by atoms with van der Waals surface area (Å²) in [5, 5.41) is 5.04. The van der Waals surface area contributed by atoms with E-state index >= 15 is 0 Å². The van der Waals surface area contributed by atoms with Gasteiger partial charge < -0.3 is 0 Å². The molecule has 5 nitrogen and oxygen atoms in total. The van der Waals surface area contributed by atoms with Crippen molar-refractivity contribution in [1.29, 1.82) is 0 Å². The average Bonchev–Trinajstić information content (AvgIpc) is 2.79. The van der Waals surface area contributed by atoms with E-state index in [1.807, 2.05) is 37.3 Å². The van der Waals surface area contributed by atoms with Gasteiger partial charge in [-0.05, 0) is 36.0 Å². The molecule has 0 atom stereocenters. The van der Waals surface area contributed by atoms with E-state index in [4.69, 9.17) is 0 Å². The number of hydrogen-bond acceptors (Lipinski definition) is 3. The Kier molecular flexibility index (Phi) is 5.54. The van der Waals surface area contributed by atoms with Crippen LogP contribution in [0.3, 0.4) is 0 Å². The number of hydrazone groups is 1. The lowest BCUT2D eigenvalue weighted by Crippen LogP contribution is -2.30. The maximum Gasteiger partial charge on any atom is 0.352 e. The smallest absolute Gasteiger partial charge is 0.283 e. The number of rotatable bonds is 5. The molecule has 3 amide bonds. The van der Waals surface area contributed by atoms with Crippen LogP contribution in [0.4, 0.5) is 10.5 Å². The lowest BCUT2D eigenvalue weighted by Gasteiger charge is -2.20. The quantitative estimate of drug-likeness (QED) is 0.602. The first-order chi connectivity index (χ1) is 11.3. The van der Waals surface area contributed by atoms with Gasteiger partial charge in [-0.1, -0.05) is 52.0 Å². The summed E-state index contributed by atoms with van der Waals surface area (Å²) in [6.07, 6.45) is 3.59. The van der Waals surface area contributed by atoms with Gasteiger partial charge in [-0.25, -0.2) is 4.79 Å². The largest absolute Gasteiger partial charge is 0.352 e. The fourth-order valence-electron chi connectivity index (χ4n) is 2.73. The molecular weight excluding hydrogens is 302 g/mol. The highest BCUT2D eigenvalue weighted by atomic mass is 16.2. The van der Waals surface area contributed by atoms with Crippen LogP contribution < -0.4 is 4.90 Å². The molecule has 0 bridgehead atoms. The van der Waals surface area contributed by atoms with Crippen LogP contribution in [0.15, 0.2) is 41.0 Å². The van der Waals surface area contributed by atoms with Crippen molar-refractivity contribution in [2.75, 3.05) is 11.4 Å². The van der Waals surface area contributed by atoms with Gasteiger partial charge in [-0.2, -0.15) is 5.10 Å². The zero-order valence-corrected chi connectivity index (χ0v) is 15.0. The lowest BCUT2D eigenvalue weighted by molar-refractivity contribution is -0.124. The molecule has 1 aliphatic rings. The Bertz CT molecular complexity index is 690. The Morgan fingerprint density at radius 2 is 1.83 bits per heavy atom. The summed E-state index contributed by atoms with van der Waals surface area (Å²) >= 11 is 0. The molecule has 24 heavy (non-hydrogen) atoms. The summed E-state index contributed by atoms with van der Waals surface area (Å²) in [7, 11) is 0. The maximum absolute atomic E-state index is 12.6. The van der Waals surface area contributed by atoms with Crippen molar-refractivity contribution in [3.63, 3.8) is 0 Å². The number of hydrogen-bond donors (Lipinski definition) is 0. The van der Waals surface area contributed by atoms with E-state index < -0.39 is 6.03 Å². The van der Waals surface area contributed by atoms with Gasteiger partial charge in [-0.15, -0.1) is 5.01 Å². The topological polar surface area (TPSA) is 53.0 Å². The van der Waals surface area contributed by atoms with Crippen LogP contribution >= 0.6 is 0 Å². The Balaban J connectivity index is 2.25. The minimum atomic E-state index is -0.401. The highest BCUT2D eigenvalue weighted by Gasteiger charge is 2.38. The Labute approximate surface area is 143 Å². The van der Waals surface area contributed by atoms with Crippen LogP contribution in [0.25, 0.3) is 0 Å². The van der Waals surface area contributed by atoms with E-state index in [0.717, 1.165) is 21.8 Å². The summed E-state index contributed by atoms with van der Waals surface area (Å²) in [6, 6.07) is 7.27. The molecule has 2 rings (SSSR count). The number of amides is 3. The van der Waals surface area contributed by atoms with Gasteiger partial charge >= 0.3 is 6.03 Å². The number of carbonyl (C=O) groups is 2. The van der Waals surface area contributed by atoms with Crippen LogP contribution in [0, 0.1) is 5.92 Å². The number of benzene rings is 1. The average molecular weight is 327 g/mol. The number of urea groups is 1. The molecule has 1 aromatic rings. The zero-order valence-electron chi connectivity index (χ0n) is 15.0. The van der Waals surface area contributed by atoms with Crippen molar-refractivity contribution >= 4 is 23.8 Å². The summed E-state index contributed by atoms with van der Waals surface area (Å²) in [4.78, 5) is 26.3. The van der Waals surface area contributed by atoms with Crippen molar-refractivity contribution in [2.24, 2.45) is 11.0 Å². The maximum atomic E-state index is 12.6. The van der Waals surface area contributed by atoms with E-state index in [9.17, 15) is 9.59 Å². The Morgan fingerprint density at radius 1 is 1.17 bits per heavy atom. The third kappa shape index (κ3) is 3.91. The van der Waals surface area contributed by atoms with Crippen LogP contribution in [0.1, 0.15) is 46.1 Å².